The fourth-order valence-electron chi connectivity index (χ4n) is 4.09. The van der Waals surface area contributed by atoms with Crippen LogP contribution in [-0.4, -0.2) is 58.4 Å². The van der Waals surface area contributed by atoms with Crippen molar-refractivity contribution in [2.45, 2.75) is 38.8 Å². The molecule has 0 saturated carbocycles. The molecule has 0 aliphatic heterocycles. The number of hydrazone groups is 1. The number of nitrogens with zero attached hydrogens (tertiary/aromatic N) is 2. The van der Waals surface area contributed by atoms with Crippen LogP contribution in [0.15, 0.2) is 65.8 Å². The average molecular weight is 609 g/mol. The second kappa shape index (κ2) is 14.4. The van der Waals surface area contributed by atoms with Crippen LogP contribution in [0.5, 0.6) is 0 Å². The van der Waals surface area contributed by atoms with Crippen molar-refractivity contribution in [2.24, 2.45) is 5.10 Å². The molecule has 0 heterocycles. The number of aliphatic hydroxyl groups excluding tert-OH is 2. The lowest BCUT2D eigenvalue weighted by atomic mass is 10.1. The van der Waals surface area contributed by atoms with Gasteiger partial charge in [-0.2, -0.15) is 18.3 Å². The first kappa shape index (κ1) is 32.7. The molecule has 13 heteroatoms. The smallest absolute Gasteiger partial charge is 0.392 e. The van der Waals surface area contributed by atoms with E-state index in [9.17, 15) is 37.4 Å². The van der Waals surface area contributed by atoms with E-state index in [0.717, 1.165) is 36.0 Å². The van der Waals surface area contributed by atoms with Gasteiger partial charge < -0.3 is 15.5 Å². The fraction of sp³-hybridized carbons (Fsp3) is 0.276. The van der Waals surface area contributed by atoms with Gasteiger partial charge in [0.25, 0.3) is 11.8 Å². The molecule has 3 rings (SSSR count). The summed E-state index contributed by atoms with van der Waals surface area (Å²) in [6, 6.07) is 12.8. The van der Waals surface area contributed by atoms with Gasteiger partial charge in [0.1, 0.15) is 5.82 Å². The summed E-state index contributed by atoms with van der Waals surface area (Å²) in [6.07, 6.45) is -4.99. The summed E-state index contributed by atoms with van der Waals surface area (Å²) >= 11 is 5.61. The van der Waals surface area contributed by atoms with Crippen LogP contribution in [-0.2, 0) is 12.7 Å². The Bertz CT molecular complexity index is 1440. The van der Waals surface area contributed by atoms with Gasteiger partial charge in [-0.1, -0.05) is 29.8 Å². The summed E-state index contributed by atoms with van der Waals surface area (Å²) < 4.78 is 53.3. The van der Waals surface area contributed by atoms with E-state index >= 15 is 0 Å². The number of benzene rings is 3. The third-order valence-corrected chi connectivity index (χ3v) is 6.12. The maximum atomic E-state index is 14.0. The maximum absolute atomic E-state index is 14.0. The van der Waals surface area contributed by atoms with Gasteiger partial charge in [0.15, 0.2) is 0 Å². The molecule has 0 saturated heterocycles. The highest BCUT2D eigenvalue weighted by atomic mass is 35.5. The molecule has 2 amide bonds. The quantitative estimate of drug-likeness (QED) is 0.138. The van der Waals surface area contributed by atoms with Crippen LogP contribution in [0, 0.1) is 5.82 Å². The van der Waals surface area contributed by atoms with Crippen LogP contribution in [0.25, 0.3) is 0 Å². The molecule has 3 aromatic rings. The molecular formula is C29H29ClF4N4O4. The van der Waals surface area contributed by atoms with Crippen molar-refractivity contribution in [3.8, 4) is 0 Å². The molecule has 0 spiro atoms. The Balaban J connectivity index is 1.75. The number of halogens is 5. The Hall–Kier alpha value is -3.84. The third-order valence-electron chi connectivity index (χ3n) is 5.79. The number of alkyl halides is 3. The van der Waals surface area contributed by atoms with E-state index in [2.05, 4.69) is 15.8 Å². The van der Waals surface area contributed by atoms with Crippen LogP contribution >= 0.6 is 11.6 Å². The van der Waals surface area contributed by atoms with E-state index in [-0.39, 0.29) is 22.4 Å². The predicted molar refractivity (Wildman–Crippen MR) is 151 cm³/mol. The second-order valence-electron chi connectivity index (χ2n) is 9.67. The first-order valence-electron chi connectivity index (χ1n) is 12.7. The van der Waals surface area contributed by atoms with Gasteiger partial charge in [0, 0.05) is 25.2 Å². The number of hydrogen-bond donors (Lipinski definition) is 4. The molecule has 0 aliphatic carbocycles. The van der Waals surface area contributed by atoms with Crippen molar-refractivity contribution in [3.63, 3.8) is 0 Å². The Morgan fingerprint density at radius 3 is 2.33 bits per heavy atom. The van der Waals surface area contributed by atoms with Gasteiger partial charge in [-0.3, -0.25) is 14.5 Å². The molecule has 0 aromatic heterocycles. The molecule has 0 aliphatic rings. The molecule has 3 aromatic carbocycles. The van der Waals surface area contributed by atoms with Crippen molar-refractivity contribution in [1.29, 1.82) is 0 Å². The summed E-state index contributed by atoms with van der Waals surface area (Å²) in [5, 5.41) is 25.3. The number of nitrogens with one attached hydrogen (secondary N) is 2. The molecule has 2 atom stereocenters. The van der Waals surface area contributed by atoms with E-state index in [1.54, 1.807) is 38.1 Å². The highest BCUT2D eigenvalue weighted by Gasteiger charge is 2.33. The highest BCUT2D eigenvalue weighted by molar-refractivity contribution is 6.31. The molecule has 8 nitrogen and oxygen atoms in total. The van der Waals surface area contributed by atoms with Crippen LogP contribution in [0.1, 0.15) is 51.3 Å². The molecule has 42 heavy (non-hydrogen) atoms. The maximum Gasteiger partial charge on any atom is 0.417 e. The van der Waals surface area contributed by atoms with Gasteiger partial charge in [-0.05, 0) is 67.4 Å². The second-order valence-corrected chi connectivity index (χ2v) is 10.1. The minimum absolute atomic E-state index is 0.000123. The zero-order chi connectivity index (χ0) is 31.0. The number of carbonyl (C=O) groups excluding carboxylic acids is 2. The van der Waals surface area contributed by atoms with Crippen LogP contribution < -0.4 is 10.7 Å². The lowest BCUT2D eigenvalue weighted by molar-refractivity contribution is -0.137. The predicted octanol–water partition coefficient (Wildman–Crippen LogP) is 5.08. The van der Waals surface area contributed by atoms with Gasteiger partial charge >= 0.3 is 6.18 Å². The number of carbonyl (C=O) groups is 2. The highest BCUT2D eigenvalue weighted by Crippen LogP contribution is 2.34. The minimum Gasteiger partial charge on any atom is -0.392 e. The summed E-state index contributed by atoms with van der Waals surface area (Å²) in [6.45, 7) is 4.21. The van der Waals surface area contributed by atoms with E-state index in [4.69, 9.17) is 11.6 Å². The third kappa shape index (κ3) is 9.62. The monoisotopic (exact) mass is 608 g/mol. The molecule has 2 unspecified atom stereocenters. The van der Waals surface area contributed by atoms with Crippen molar-refractivity contribution >= 4 is 35.3 Å². The average Bonchev–Trinajstić information content (AvgIpc) is 2.89. The van der Waals surface area contributed by atoms with Crippen LogP contribution in [0.3, 0.4) is 0 Å². The Kier molecular flexibility index (Phi) is 11.2. The van der Waals surface area contributed by atoms with Gasteiger partial charge in [-0.25, -0.2) is 9.82 Å². The molecule has 0 radical (unpaired) electrons. The molecule has 4 N–H and O–H groups in total. The van der Waals surface area contributed by atoms with Crippen LogP contribution in [0.4, 0.5) is 23.2 Å². The topological polar surface area (TPSA) is 114 Å². The van der Waals surface area contributed by atoms with E-state index in [0.29, 0.717) is 19.6 Å². The normalized spacial score (nSPS) is 13.3. The number of rotatable bonds is 11. The zero-order valence-corrected chi connectivity index (χ0v) is 23.4. The Labute approximate surface area is 244 Å². The van der Waals surface area contributed by atoms with Crippen molar-refractivity contribution in [1.82, 2.24) is 10.3 Å². The van der Waals surface area contributed by atoms with Crippen LogP contribution in [0.2, 0.25) is 5.02 Å². The SMILES string of the molecule is CC(O)CN(Cc1cccc(C(=O)Nc2ccc(F)cc2C(=O)N/N=C\c2ccc(Cl)c(C(F)(F)F)c2)c1)CC(C)O. The Morgan fingerprint density at radius 2 is 1.69 bits per heavy atom. The Morgan fingerprint density at radius 1 is 1.00 bits per heavy atom. The molecule has 224 valence electrons. The molecule has 0 fully saturated rings. The van der Waals surface area contributed by atoms with Crippen molar-refractivity contribution < 1.29 is 37.4 Å². The van der Waals surface area contributed by atoms with E-state index in [1.807, 2.05) is 4.90 Å². The summed E-state index contributed by atoms with van der Waals surface area (Å²) in [5.41, 5.74) is 1.70. The lowest BCUT2D eigenvalue weighted by Gasteiger charge is -2.25. The van der Waals surface area contributed by atoms with Crippen molar-refractivity contribution in [2.75, 3.05) is 18.4 Å². The number of amides is 2. The van der Waals surface area contributed by atoms with Crippen molar-refractivity contribution in [3.05, 3.63) is 99.3 Å². The fourth-order valence-corrected chi connectivity index (χ4v) is 4.32. The lowest BCUT2D eigenvalue weighted by Crippen LogP contribution is -2.35. The first-order chi connectivity index (χ1) is 19.7. The van der Waals surface area contributed by atoms with Gasteiger partial charge in [0.05, 0.1) is 40.3 Å². The van der Waals surface area contributed by atoms with E-state index in [1.165, 1.54) is 12.1 Å². The summed E-state index contributed by atoms with van der Waals surface area (Å²) in [4.78, 5) is 27.6. The number of hydrogen-bond acceptors (Lipinski definition) is 6. The standard InChI is InChI=1S/C29H29ClF4N4O4/c1-17(39)14-38(15-18(2)40)16-20-4-3-5-21(10-20)27(41)36-26-9-7-22(31)12-23(26)28(42)37-35-13-19-6-8-25(30)24(11-19)29(32,33)34/h3-13,17-18,39-40H,14-16H2,1-2H3,(H,36,41)(H,37,42)/b35-13-. The minimum atomic E-state index is -4.69. The molecule has 0 bridgehead atoms. The number of anilines is 1. The van der Waals surface area contributed by atoms with Gasteiger partial charge in [0.2, 0.25) is 0 Å². The first-order valence-corrected chi connectivity index (χ1v) is 13.1. The zero-order valence-electron chi connectivity index (χ0n) is 22.6. The summed E-state index contributed by atoms with van der Waals surface area (Å²) in [7, 11) is 0. The molecular weight excluding hydrogens is 580 g/mol. The van der Waals surface area contributed by atoms with Gasteiger partial charge in [-0.15, -0.1) is 0 Å². The number of aliphatic hydroxyl groups is 2. The summed E-state index contributed by atoms with van der Waals surface area (Å²) in [5.74, 6) is -2.29. The largest absolute Gasteiger partial charge is 0.417 e. The van der Waals surface area contributed by atoms with E-state index < -0.39 is 46.6 Å².